The van der Waals surface area contributed by atoms with E-state index in [1.165, 1.54) is 24.3 Å². The molecule has 0 spiro atoms. The van der Waals surface area contributed by atoms with E-state index < -0.39 is 23.3 Å². The van der Waals surface area contributed by atoms with Crippen molar-refractivity contribution in [1.29, 1.82) is 0 Å². The minimum atomic E-state index is -1.34. The van der Waals surface area contributed by atoms with E-state index in [9.17, 15) is 18.8 Å². The van der Waals surface area contributed by atoms with Gasteiger partial charge in [0.05, 0.1) is 7.11 Å². The number of urea groups is 1. The minimum Gasteiger partial charge on any atom is -0.497 e. The van der Waals surface area contributed by atoms with Crippen molar-refractivity contribution in [3.05, 3.63) is 59.9 Å². The standard InChI is InChI=1S/C24H27FN4O4/c1-24(17-4-6-18(25)7-5-17)22(31)29(23(32)26-24)16-21(30)28-13-3-12-27(14-15-28)19-8-10-20(33-2)11-9-19/h4-11H,3,12-16H2,1-2H3,(H,26,32). The zero-order chi connectivity index (χ0) is 23.6. The van der Waals surface area contributed by atoms with Crippen molar-refractivity contribution in [1.82, 2.24) is 15.1 Å². The average Bonchev–Trinajstić information content (AvgIpc) is 2.99. The van der Waals surface area contributed by atoms with Crippen LogP contribution in [-0.2, 0) is 15.1 Å². The Morgan fingerprint density at radius 2 is 1.73 bits per heavy atom. The molecule has 0 aromatic heterocycles. The van der Waals surface area contributed by atoms with Crippen LogP contribution in [0.15, 0.2) is 48.5 Å². The van der Waals surface area contributed by atoms with Gasteiger partial charge in [0.25, 0.3) is 5.91 Å². The van der Waals surface area contributed by atoms with Crippen LogP contribution in [0.3, 0.4) is 0 Å². The molecule has 0 radical (unpaired) electrons. The first-order valence-electron chi connectivity index (χ1n) is 10.9. The monoisotopic (exact) mass is 454 g/mol. The zero-order valence-electron chi connectivity index (χ0n) is 18.7. The molecule has 4 amide bonds. The fourth-order valence-corrected chi connectivity index (χ4v) is 4.27. The number of hydrogen-bond acceptors (Lipinski definition) is 5. The molecule has 8 nitrogen and oxygen atoms in total. The van der Waals surface area contributed by atoms with Gasteiger partial charge in [-0.15, -0.1) is 0 Å². The molecule has 33 heavy (non-hydrogen) atoms. The van der Waals surface area contributed by atoms with Crippen LogP contribution >= 0.6 is 0 Å². The Labute approximate surface area is 191 Å². The maximum Gasteiger partial charge on any atom is 0.325 e. The SMILES string of the molecule is COc1ccc(N2CCCN(C(=O)CN3C(=O)NC(C)(c4ccc(F)cc4)C3=O)CC2)cc1. The average molecular weight is 455 g/mol. The summed E-state index contributed by atoms with van der Waals surface area (Å²) in [6.45, 7) is 3.70. The first-order valence-corrected chi connectivity index (χ1v) is 10.9. The molecule has 2 aliphatic rings. The third-order valence-electron chi connectivity index (χ3n) is 6.28. The van der Waals surface area contributed by atoms with Crippen LogP contribution in [0.4, 0.5) is 14.9 Å². The lowest BCUT2D eigenvalue weighted by molar-refractivity contribution is -0.138. The number of rotatable bonds is 5. The number of anilines is 1. The van der Waals surface area contributed by atoms with Gasteiger partial charge in [-0.3, -0.25) is 14.5 Å². The molecule has 0 saturated carbocycles. The predicted octanol–water partition coefficient (Wildman–Crippen LogP) is 2.34. The number of carbonyl (C=O) groups excluding carboxylic acids is 3. The van der Waals surface area contributed by atoms with Gasteiger partial charge in [-0.05, 0) is 55.3 Å². The third-order valence-corrected chi connectivity index (χ3v) is 6.28. The zero-order valence-corrected chi connectivity index (χ0v) is 18.7. The molecular weight excluding hydrogens is 427 g/mol. The lowest BCUT2D eigenvalue weighted by Crippen LogP contribution is -2.45. The van der Waals surface area contributed by atoms with E-state index in [1.54, 1.807) is 18.9 Å². The molecule has 9 heteroatoms. The Hall–Kier alpha value is -3.62. The number of nitrogens with one attached hydrogen (secondary N) is 1. The van der Waals surface area contributed by atoms with Gasteiger partial charge in [0.2, 0.25) is 5.91 Å². The van der Waals surface area contributed by atoms with Gasteiger partial charge in [0, 0.05) is 31.9 Å². The number of carbonyl (C=O) groups is 3. The van der Waals surface area contributed by atoms with Gasteiger partial charge in [-0.2, -0.15) is 0 Å². The van der Waals surface area contributed by atoms with E-state index in [4.69, 9.17) is 4.74 Å². The van der Waals surface area contributed by atoms with Crippen molar-refractivity contribution >= 4 is 23.5 Å². The van der Waals surface area contributed by atoms with Gasteiger partial charge < -0.3 is 19.9 Å². The molecule has 0 bridgehead atoms. The molecule has 1 atom stereocenters. The summed E-state index contributed by atoms with van der Waals surface area (Å²) in [7, 11) is 1.62. The van der Waals surface area contributed by atoms with Crippen LogP contribution in [0.25, 0.3) is 0 Å². The quantitative estimate of drug-likeness (QED) is 0.702. The van der Waals surface area contributed by atoms with Crippen LogP contribution in [-0.4, -0.2) is 67.5 Å². The van der Waals surface area contributed by atoms with Gasteiger partial charge in [-0.25, -0.2) is 9.18 Å². The lowest BCUT2D eigenvalue weighted by atomic mass is 9.92. The number of imide groups is 1. The Kier molecular flexibility index (Phi) is 6.22. The maximum atomic E-state index is 13.3. The molecule has 2 fully saturated rings. The number of halogens is 1. The van der Waals surface area contributed by atoms with E-state index in [2.05, 4.69) is 10.2 Å². The molecule has 2 aromatic carbocycles. The predicted molar refractivity (Wildman–Crippen MR) is 120 cm³/mol. The Bertz CT molecular complexity index is 1040. The first-order chi connectivity index (χ1) is 15.8. The van der Waals surface area contributed by atoms with Crippen molar-refractivity contribution in [3.63, 3.8) is 0 Å². The van der Waals surface area contributed by atoms with Crippen LogP contribution < -0.4 is 15.0 Å². The topological polar surface area (TPSA) is 82.2 Å². The fourth-order valence-electron chi connectivity index (χ4n) is 4.27. The van der Waals surface area contributed by atoms with Crippen LogP contribution in [0.5, 0.6) is 5.75 Å². The van der Waals surface area contributed by atoms with Crippen LogP contribution in [0.1, 0.15) is 18.9 Å². The number of amides is 4. The number of methoxy groups -OCH3 is 1. The van der Waals surface area contributed by atoms with Gasteiger partial charge in [0.15, 0.2) is 0 Å². The maximum absolute atomic E-state index is 13.3. The second-order valence-electron chi connectivity index (χ2n) is 8.37. The summed E-state index contributed by atoms with van der Waals surface area (Å²) >= 11 is 0. The summed E-state index contributed by atoms with van der Waals surface area (Å²) in [5.41, 5.74) is 0.172. The molecule has 1 N–H and O–H groups in total. The Balaban J connectivity index is 1.40. The van der Waals surface area contributed by atoms with E-state index in [1.807, 2.05) is 24.3 Å². The van der Waals surface area contributed by atoms with E-state index >= 15 is 0 Å². The number of benzene rings is 2. The summed E-state index contributed by atoms with van der Waals surface area (Å²) in [6.07, 6.45) is 0.769. The molecular formula is C24H27FN4O4. The summed E-state index contributed by atoms with van der Waals surface area (Å²) in [5.74, 6) is -0.455. The fraction of sp³-hybridized carbons (Fsp3) is 0.375. The normalized spacial score (nSPS) is 21.1. The smallest absolute Gasteiger partial charge is 0.325 e. The van der Waals surface area contributed by atoms with E-state index in [-0.39, 0.29) is 12.5 Å². The van der Waals surface area contributed by atoms with E-state index in [0.717, 1.165) is 29.3 Å². The van der Waals surface area contributed by atoms with Crippen molar-refractivity contribution in [2.24, 2.45) is 0 Å². The Morgan fingerprint density at radius 3 is 2.39 bits per heavy atom. The number of hydrogen-bond donors (Lipinski definition) is 1. The molecule has 2 heterocycles. The molecule has 174 valence electrons. The summed E-state index contributed by atoms with van der Waals surface area (Å²) in [4.78, 5) is 43.4. The highest BCUT2D eigenvalue weighted by Gasteiger charge is 2.49. The second-order valence-corrected chi connectivity index (χ2v) is 8.37. The molecule has 2 saturated heterocycles. The lowest BCUT2D eigenvalue weighted by Gasteiger charge is -2.25. The molecule has 4 rings (SSSR count). The Morgan fingerprint density at radius 1 is 1.03 bits per heavy atom. The largest absolute Gasteiger partial charge is 0.497 e. The number of ether oxygens (including phenoxy) is 1. The highest BCUT2D eigenvalue weighted by molar-refractivity contribution is 6.09. The molecule has 0 aliphatic carbocycles. The molecule has 1 unspecified atom stereocenters. The highest BCUT2D eigenvalue weighted by Crippen LogP contribution is 2.29. The van der Waals surface area contributed by atoms with Crippen molar-refractivity contribution in [2.75, 3.05) is 44.7 Å². The second kappa shape index (κ2) is 9.09. The van der Waals surface area contributed by atoms with Gasteiger partial charge in [-0.1, -0.05) is 12.1 Å². The minimum absolute atomic E-state index is 0.279. The van der Waals surface area contributed by atoms with Gasteiger partial charge in [0.1, 0.15) is 23.7 Å². The van der Waals surface area contributed by atoms with Crippen molar-refractivity contribution < 1.29 is 23.5 Å². The first kappa shape index (κ1) is 22.6. The summed E-state index contributed by atoms with van der Waals surface area (Å²) in [5, 5.41) is 2.65. The van der Waals surface area contributed by atoms with Crippen LogP contribution in [0, 0.1) is 5.82 Å². The summed E-state index contributed by atoms with van der Waals surface area (Å²) in [6, 6.07) is 12.5. The van der Waals surface area contributed by atoms with Crippen molar-refractivity contribution in [2.45, 2.75) is 18.9 Å². The highest BCUT2D eigenvalue weighted by atomic mass is 19.1. The third kappa shape index (κ3) is 4.48. The van der Waals surface area contributed by atoms with Crippen LogP contribution in [0.2, 0.25) is 0 Å². The molecule has 2 aliphatic heterocycles. The van der Waals surface area contributed by atoms with Gasteiger partial charge >= 0.3 is 6.03 Å². The molecule has 2 aromatic rings. The number of nitrogens with zero attached hydrogens (tertiary/aromatic N) is 3. The van der Waals surface area contributed by atoms with E-state index in [0.29, 0.717) is 25.2 Å². The van der Waals surface area contributed by atoms with Crippen molar-refractivity contribution in [3.8, 4) is 5.75 Å². The summed E-state index contributed by atoms with van der Waals surface area (Å²) < 4.78 is 18.5.